The van der Waals surface area contributed by atoms with Crippen molar-refractivity contribution in [2.45, 2.75) is 16.8 Å². The van der Waals surface area contributed by atoms with Crippen molar-refractivity contribution in [3.63, 3.8) is 0 Å². The van der Waals surface area contributed by atoms with Crippen LogP contribution in [-0.4, -0.2) is 19.6 Å². The van der Waals surface area contributed by atoms with Crippen LogP contribution in [0.3, 0.4) is 0 Å². The molecule has 2 heterocycles. The molecule has 0 spiro atoms. The maximum atomic E-state index is 6.13. The second kappa shape index (κ2) is 5.11. The Morgan fingerprint density at radius 3 is 2.74 bits per heavy atom. The lowest BCUT2D eigenvalue weighted by molar-refractivity contribution is 0.825. The van der Waals surface area contributed by atoms with Crippen LogP contribution >= 0.6 is 39.3 Å². The fourth-order valence-corrected chi connectivity index (χ4v) is 3.05. The average molecular weight is 356 g/mol. The Morgan fingerprint density at radius 1 is 1.26 bits per heavy atom. The van der Waals surface area contributed by atoms with Gasteiger partial charge in [0.2, 0.25) is 0 Å². The minimum Gasteiger partial charge on any atom is -0.199 e. The van der Waals surface area contributed by atoms with Gasteiger partial charge in [-0.1, -0.05) is 39.3 Å². The molecule has 3 aromatic rings. The highest BCUT2D eigenvalue weighted by Crippen LogP contribution is 2.33. The van der Waals surface area contributed by atoms with Crippen molar-refractivity contribution in [1.29, 1.82) is 0 Å². The molecule has 0 radical (unpaired) electrons. The number of aromatic nitrogens is 4. The molecule has 0 aliphatic carbocycles. The molecule has 0 saturated carbocycles. The van der Waals surface area contributed by atoms with E-state index >= 15 is 0 Å². The predicted octanol–water partition coefficient (Wildman–Crippen LogP) is 4.00. The van der Waals surface area contributed by atoms with Gasteiger partial charge in [0.1, 0.15) is 16.5 Å². The normalized spacial score (nSPS) is 11.1. The molecule has 0 aliphatic rings. The fourth-order valence-electron chi connectivity index (χ4n) is 1.61. The first-order valence-electron chi connectivity index (χ1n) is 5.44. The summed E-state index contributed by atoms with van der Waals surface area (Å²) in [6.45, 7) is 1.93. The molecule has 0 unspecified atom stereocenters. The van der Waals surface area contributed by atoms with E-state index in [1.165, 1.54) is 6.33 Å². The second-order valence-electron chi connectivity index (χ2n) is 3.86. The van der Waals surface area contributed by atoms with Gasteiger partial charge >= 0.3 is 0 Å². The van der Waals surface area contributed by atoms with Gasteiger partial charge in [-0.05, 0) is 31.2 Å². The lowest BCUT2D eigenvalue weighted by atomic mass is 10.4. The second-order valence-corrected chi connectivity index (χ2v) is 6.20. The molecule has 2 aromatic heterocycles. The third kappa shape index (κ3) is 2.48. The van der Waals surface area contributed by atoms with E-state index in [4.69, 9.17) is 11.6 Å². The molecule has 7 heteroatoms. The zero-order chi connectivity index (χ0) is 13.4. The van der Waals surface area contributed by atoms with Crippen molar-refractivity contribution in [2.24, 2.45) is 0 Å². The molecule has 0 bridgehead atoms. The summed E-state index contributed by atoms with van der Waals surface area (Å²) in [4.78, 5) is 9.36. The van der Waals surface area contributed by atoms with E-state index in [1.807, 2.05) is 31.2 Å². The molecule has 19 heavy (non-hydrogen) atoms. The molecule has 0 saturated heterocycles. The van der Waals surface area contributed by atoms with Crippen LogP contribution in [0, 0.1) is 6.92 Å². The number of nitrogens with zero attached hydrogens (tertiary/aromatic N) is 4. The zero-order valence-electron chi connectivity index (χ0n) is 9.84. The molecule has 0 atom stereocenters. The van der Waals surface area contributed by atoms with Crippen LogP contribution in [0.4, 0.5) is 0 Å². The molecule has 3 rings (SSSR count). The Balaban J connectivity index is 2.11. The van der Waals surface area contributed by atoms with E-state index in [0.717, 1.165) is 20.0 Å². The Bertz CT molecular complexity index is 741. The van der Waals surface area contributed by atoms with Gasteiger partial charge < -0.3 is 0 Å². The van der Waals surface area contributed by atoms with E-state index < -0.39 is 0 Å². The summed E-state index contributed by atoms with van der Waals surface area (Å²) < 4.78 is 2.75. The summed E-state index contributed by atoms with van der Waals surface area (Å²) in [5.41, 5.74) is 0.896. The molecule has 96 valence electrons. The van der Waals surface area contributed by atoms with E-state index in [1.54, 1.807) is 16.3 Å². The summed E-state index contributed by atoms with van der Waals surface area (Å²) in [6, 6.07) is 8.06. The van der Waals surface area contributed by atoms with E-state index in [0.29, 0.717) is 10.9 Å². The summed E-state index contributed by atoms with van der Waals surface area (Å²) in [5.74, 6) is 0.509. The van der Waals surface area contributed by atoms with Gasteiger partial charge in [-0.2, -0.15) is 19.6 Å². The maximum absolute atomic E-state index is 6.13. The van der Waals surface area contributed by atoms with Gasteiger partial charge in [0.25, 0.3) is 5.78 Å². The van der Waals surface area contributed by atoms with Gasteiger partial charge in [-0.15, -0.1) is 0 Å². The number of hydrogen-bond donors (Lipinski definition) is 0. The molecule has 0 amide bonds. The molecule has 1 aromatic carbocycles. The van der Waals surface area contributed by atoms with Gasteiger partial charge in [0, 0.05) is 14.9 Å². The van der Waals surface area contributed by atoms with Crippen molar-refractivity contribution in [3.05, 3.63) is 45.8 Å². The highest BCUT2D eigenvalue weighted by atomic mass is 79.9. The van der Waals surface area contributed by atoms with Gasteiger partial charge in [0.05, 0.1) is 0 Å². The smallest absolute Gasteiger partial charge is 0.199 e. The minimum absolute atomic E-state index is 0.458. The van der Waals surface area contributed by atoms with Gasteiger partial charge in [-0.3, -0.25) is 0 Å². The monoisotopic (exact) mass is 354 g/mol. The predicted molar refractivity (Wildman–Crippen MR) is 78.8 cm³/mol. The summed E-state index contributed by atoms with van der Waals surface area (Å²) in [6.07, 6.45) is 1.48. The number of hydrogen-bond acceptors (Lipinski definition) is 4. The standard InChI is InChI=1S/C12H8BrClN4S/c1-7-10(14)17-12-15-6-16-18(12)11(7)19-9-4-2-8(13)3-5-9/h2-6H,1H3. The molecular formula is C12H8BrClN4S. The molecule has 0 N–H and O–H groups in total. The molecule has 4 nitrogen and oxygen atoms in total. The molecular weight excluding hydrogens is 348 g/mol. The Labute approximate surface area is 127 Å². The van der Waals surface area contributed by atoms with Crippen molar-refractivity contribution in [3.8, 4) is 0 Å². The van der Waals surface area contributed by atoms with Gasteiger partial charge in [-0.25, -0.2) is 0 Å². The summed E-state index contributed by atoms with van der Waals surface area (Å²) in [7, 11) is 0. The van der Waals surface area contributed by atoms with Crippen molar-refractivity contribution in [1.82, 2.24) is 19.6 Å². The lowest BCUT2D eigenvalue weighted by Crippen LogP contribution is -1.99. The van der Waals surface area contributed by atoms with E-state index in [2.05, 4.69) is 31.0 Å². The first-order chi connectivity index (χ1) is 9.15. The van der Waals surface area contributed by atoms with Crippen LogP contribution in [-0.2, 0) is 0 Å². The van der Waals surface area contributed by atoms with E-state index in [9.17, 15) is 0 Å². The van der Waals surface area contributed by atoms with Crippen molar-refractivity contribution >= 4 is 45.1 Å². The number of fused-ring (bicyclic) bond motifs is 1. The SMILES string of the molecule is Cc1c(Cl)nc2ncnn2c1Sc1ccc(Br)cc1. The Hall–Kier alpha value is -1.11. The van der Waals surface area contributed by atoms with Crippen LogP contribution in [0.2, 0.25) is 5.15 Å². The Kier molecular flexibility index (Phi) is 3.47. The first-order valence-corrected chi connectivity index (χ1v) is 7.43. The highest BCUT2D eigenvalue weighted by molar-refractivity contribution is 9.10. The van der Waals surface area contributed by atoms with Crippen LogP contribution in [0.25, 0.3) is 5.78 Å². The Morgan fingerprint density at radius 2 is 2.00 bits per heavy atom. The third-order valence-electron chi connectivity index (χ3n) is 2.58. The number of halogens is 2. The van der Waals surface area contributed by atoms with Crippen LogP contribution in [0.1, 0.15) is 5.56 Å². The zero-order valence-corrected chi connectivity index (χ0v) is 13.0. The van der Waals surface area contributed by atoms with E-state index in [-0.39, 0.29) is 0 Å². The molecule has 0 aliphatic heterocycles. The summed E-state index contributed by atoms with van der Waals surface area (Å²) >= 11 is 11.1. The minimum atomic E-state index is 0.458. The fraction of sp³-hybridized carbons (Fsp3) is 0.0833. The van der Waals surface area contributed by atoms with Crippen LogP contribution < -0.4 is 0 Å². The summed E-state index contributed by atoms with van der Waals surface area (Å²) in [5, 5.41) is 5.57. The van der Waals surface area contributed by atoms with Crippen LogP contribution in [0.5, 0.6) is 0 Å². The average Bonchev–Trinajstić information content (AvgIpc) is 2.85. The largest absolute Gasteiger partial charge is 0.254 e. The first kappa shape index (κ1) is 12.9. The molecule has 0 fully saturated rings. The lowest BCUT2D eigenvalue weighted by Gasteiger charge is -2.08. The third-order valence-corrected chi connectivity index (χ3v) is 4.66. The maximum Gasteiger partial charge on any atom is 0.254 e. The number of rotatable bonds is 2. The topological polar surface area (TPSA) is 43.1 Å². The van der Waals surface area contributed by atoms with Crippen molar-refractivity contribution < 1.29 is 0 Å². The van der Waals surface area contributed by atoms with Crippen LogP contribution in [0.15, 0.2) is 45.0 Å². The highest BCUT2D eigenvalue weighted by Gasteiger charge is 2.13. The quantitative estimate of drug-likeness (QED) is 0.652. The van der Waals surface area contributed by atoms with Crippen molar-refractivity contribution in [2.75, 3.05) is 0 Å². The van der Waals surface area contributed by atoms with Gasteiger partial charge in [0.15, 0.2) is 0 Å². The number of benzene rings is 1.